The van der Waals surface area contributed by atoms with E-state index in [4.69, 9.17) is 9.72 Å². The van der Waals surface area contributed by atoms with E-state index < -0.39 is 5.60 Å². The number of hydrogen-bond acceptors (Lipinski definition) is 7. The van der Waals surface area contributed by atoms with Crippen LogP contribution in [-0.2, 0) is 6.54 Å². The van der Waals surface area contributed by atoms with Gasteiger partial charge in [-0.1, -0.05) is 12.1 Å². The molecule has 0 atom stereocenters. The number of piperidine rings is 1. The maximum absolute atomic E-state index is 10.4. The second-order valence-corrected chi connectivity index (χ2v) is 9.74. The molecule has 0 bridgehead atoms. The number of benzene rings is 2. The Morgan fingerprint density at radius 2 is 2.00 bits per heavy atom. The Labute approximate surface area is 210 Å². The molecular weight excluding hydrogens is 452 g/mol. The monoisotopic (exact) mass is 482 g/mol. The Bertz CT molecular complexity index is 1450. The molecule has 6 rings (SSSR count). The summed E-state index contributed by atoms with van der Waals surface area (Å²) in [6, 6.07) is 12.5. The highest BCUT2D eigenvalue weighted by atomic mass is 16.5. The second-order valence-electron chi connectivity index (χ2n) is 9.74. The lowest BCUT2D eigenvalue weighted by atomic mass is 9.93. The molecule has 0 saturated carbocycles. The molecule has 2 aliphatic heterocycles. The van der Waals surface area contributed by atoms with Gasteiger partial charge in [-0.15, -0.1) is 0 Å². The van der Waals surface area contributed by atoms with Crippen LogP contribution in [0.4, 0.5) is 17.2 Å². The van der Waals surface area contributed by atoms with Crippen LogP contribution < -0.4 is 15.0 Å². The minimum absolute atomic E-state index is 0.572. The molecule has 8 nitrogen and oxygen atoms in total. The molecule has 1 saturated heterocycles. The number of aliphatic imine (C=N–C) groups is 1. The average Bonchev–Trinajstić information content (AvgIpc) is 3.54. The Balaban J connectivity index is 1.32. The van der Waals surface area contributed by atoms with E-state index in [9.17, 15) is 5.11 Å². The lowest BCUT2D eigenvalue weighted by Gasteiger charge is -2.37. The van der Waals surface area contributed by atoms with Gasteiger partial charge in [-0.25, -0.2) is 9.97 Å². The Kier molecular flexibility index (Phi) is 5.60. The number of aliphatic hydroxyl groups is 1. The molecule has 0 unspecified atom stereocenters. The summed E-state index contributed by atoms with van der Waals surface area (Å²) in [7, 11) is 0. The topological polar surface area (TPSA) is 87.3 Å². The fourth-order valence-electron chi connectivity index (χ4n) is 4.92. The number of aromatic nitrogens is 3. The van der Waals surface area contributed by atoms with Crippen molar-refractivity contribution in [1.82, 2.24) is 14.4 Å². The first-order valence-corrected chi connectivity index (χ1v) is 12.5. The minimum Gasteiger partial charge on any atom is -0.492 e. The predicted molar refractivity (Wildman–Crippen MR) is 143 cm³/mol. The molecule has 0 spiro atoms. The zero-order chi connectivity index (χ0) is 24.7. The van der Waals surface area contributed by atoms with Gasteiger partial charge in [0, 0.05) is 55.2 Å². The summed E-state index contributed by atoms with van der Waals surface area (Å²) in [6.45, 7) is 6.78. The fourth-order valence-corrected chi connectivity index (χ4v) is 4.92. The lowest BCUT2D eigenvalue weighted by molar-refractivity contribution is 0.0350. The van der Waals surface area contributed by atoms with Crippen LogP contribution in [0, 0.1) is 0 Å². The van der Waals surface area contributed by atoms with Gasteiger partial charge in [0.15, 0.2) is 11.5 Å². The maximum Gasteiger partial charge on any atom is 0.180 e. The Hall–Kier alpha value is -3.91. The second kappa shape index (κ2) is 8.95. The highest BCUT2D eigenvalue weighted by molar-refractivity contribution is 5.86. The van der Waals surface area contributed by atoms with E-state index in [0.29, 0.717) is 19.0 Å². The molecule has 8 heteroatoms. The van der Waals surface area contributed by atoms with Crippen LogP contribution in [0.15, 0.2) is 60.0 Å². The number of nitrogens with one attached hydrogen (secondary N) is 1. The van der Waals surface area contributed by atoms with Gasteiger partial charge in [0.2, 0.25) is 0 Å². The zero-order valence-electron chi connectivity index (χ0n) is 20.6. The van der Waals surface area contributed by atoms with Gasteiger partial charge in [0.1, 0.15) is 5.75 Å². The van der Waals surface area contributed by atoms with Crippen molar-refractivity contribution in [2.45, 2.75) is 38.8 Å². The summed E-state index contributed by atoms with van der Waals surface area (Å²) in [6.07, 6.45) is 9.12. The molecule has 184 valence electrons. The molecular formula is C28H30N6O2. The average molecular weight is 483 g/mol. The van der Waals surface area contributed by atoms with Gasteiger partial charge < -0.3 is 24.5 Å². The molecule has 0 radical (unpaired) electrons. The normalized spacial score (nSPS) is 16.4. The molecule has 2 aliphatic rings. The minimum atomic E-state index is -0.595. The third-order valence-corrected chi connectivity index (χ3v) is 7.01. The third-order valence-electron chi connectivity index (χ3n) is 7.01. The van der Waals surface area contributed by atoms with Crippen molar-refractivity contribution in [3.05, 3.63) is 66.1 Å². The Morgan fingerprint density at radius 3 is 2.83 bits per heavy atom. The lowest BCUT2D eigenvalue weighted by Crippen LogP contribution is -2.42. The van der Waals surface area contributed by atoms with Gasteiger partial charge in [0.25, 0.3) is 0 Å². The van der Waals surface area contributed by atoms with E-state index in [0.717, 1.165) is 60.0 Å². The maximum atomic E-state index is 10.4. The van der Waals surface area contributed by atoms with Gasteiger partial charge >= 0.3 is 0 Å². The smallest absolute Gasteiger partial charge is 0.180 e. The van der Waals surface area contributed by atoms with Gasteiger partial charge in [0.05, 0.1) is 30.1 Å². The highest BCUT2D eigenvalue weighted by Gasteiger charge is 2.28. The standard InChI is InChI=1S/C28H30N6O2/c1-3-36-25-15-22(6-7-24(25)33-11-8-28(2,35)9-12-33)31-26-27-30-10-13-34(27)18-23(32-26)19-4-5-20-16-29-17-21(20)14-19/h4-7,10,13-16,18,35H,3,8-9,11-12,17H2,1-2H3,(H,31,32). The number of rotatable bonds is 6. The summed E-state index contributed by atoms with van der Waals surface area (Å²) in [4.78, 5) is 16.1. The first kappa shape index (κ1) is 22.5. The summed E-state index contributed by atoms with van der Waals surface area (Å²) in [5.41, 5.74) is 6.37. The van der Waals surface area contributed by atoms with E-state index in [-0.39, 0.29) is 0 Å². The predicted octanol–water partition coefficient (Wildman–Crippen LogP) is 4.82. The largest absolute Gasteiger partial charge is 0.492 e. The van der Waals surface area contributed by atoms with E-state index in [1.54, 1.807) is 6.20 Å². The van der Waals surface area contributed by atoms with Crippen molar-refractivity contribution in [3.63, 3.8) is 0 Å². The van der Waals surface area contributed by atoms with Crippen LogP contribution in [0.5, 0.6) is 5.75 Å². The van der Waals surface area contributed by atoms with Crippen molar-refractivity contribution in [3.8, 4) is 17.0 Å². The van der Waals surface area contributed by atoms with Crippen LogP contribution in [-0.4, -0.2) is 51.0 Å². The molecule has 1 fully saturated rings. The van der Waals surface area contributed by atoms with E-state index in [2.05, 4.69) is 44.5 Å². The molecule has 2 N–H and O–H groups in total. The first-order chi connectivity index (χ1) is 17.5. The molecule has 2 aromatic carbocycles. The first-order valence-electron chi connectivity index (χ1n) is 12.5. The number of ether oxygens (including phenoxy) is 1. The van der Waals surface area contributed by atoms with Crippen LogP contribution in [0.25, 0.3) is 16.9 Å². The molecule has 36 heavy (non-hydrogen) atoms. The van der Waals surface area contributed by atoms with Crippen LogP contribution >= 0.6 is 0 Å². The third kappa shape index (κ3) is 4.28. The number of fused-ring (bicyclic) bond motifs is 2. The zero-order valence-corrected chi connectivity index (χ0v) is 20.6. The number of anilines is 3. The molecule has 0 aliphatic carbocycles. The molecule has 2 aromatic heterocycles. The van der Waals surface area contributed by atoms with E-state index >= 15 is 0 Å². The molecule has 4 heterocycles. The van der Waals surface area contributed by atoms with Crippen molar-refractivity contribution >= 4 is 29.1 Å². The summed E-state index contributed by atoms with van der Waals surface area (Å²) in [5.74, 6) is 1.50. The van der Waals surface area contributed by atoms with Gasteiger partial charge in [-0.3, -0.25) is 4.99 Å². The highest BCUT2D eigenvalue weighted by Crippen LogP contribution is 2.36. The number of nitrogens with zero attached hydrogens (tertiary/aromatic N) is 5. The summed E-state index contributed by atoms with van der Waals surface area (Å²) < 4.78 is 8.02. The Morgan fingerprint density at radius 1 is 1.14 bits per heavy atom. The quantitative estimate of drug-likeness (QED) is 0.410. The van der Waals surface area contributed by atoms with E-state index in [1.807, 2.05) is 49.0 Å². The van der Waals surface area contributed by atoms with Crippen molar-refractivity contribution in [2.24, 2.45) is 4.99 Å². The van der Waals surface area contributed by atoms with Crippen molar-refractivity contribution in [2.75, 3.05) is 29.9 Å². The van der Waals surface area contributed by atoms with Crippen LogP contribution in [0.1, 0.15) is 37.8 Å². The van der Waals surface area contributed by atoms with Gasteiger partial charge in [-0.05, 0) is 56.0 Å². The van der Waals surface area contributed by atoms with E-state index in [1.165, 1.54) is 11.1 Å². The van der Waals surface area contributed by atoms with Crippen molar-refractivity contribution in [1.29, 1.82) is 0 Å². The number of hydrogen-bond donors (Lipinski definition) is 2. The SMILES string of the molecule is CCOc1cc(Nc2nc(-c3ccc4c(c3)CN=C4)cn3ccnc23)ccc1N1CCC(C)(O)CC1. The van der Waals surface area contributed by atoms with Gasteiger partial charge in [-0.2, -0.15) is 0 Å². The summed E-state index contributed by atoms with van der Waals surface area (Å²) >= 11 is 0. The molecule has 0 amide bonds. The van der Waals surface area contributed by atoms with Crippen LogP contribution in [0.2, 0.25) is 0 Å². The summed E-state index contributed by atoms with van der Waals surface area (Å²) in [5, 5.41) is 13.8. The number of imidazole rings is 1. The molecule has 4 aromatic rings. The fraction of sp³-hybridized carbons (Fsp3) is 0.321. The van der Waals surface area contributed by atoms with Crippen LogP contribution in [0.3, 0.4) is 0 Å². The van der Waals surface area contributed by atoms with Crippen molar-refractivity contribution < 1.29 is 9.84 Å².